The highest BCUT2D eigenvalue weighted by molar-refractivity contribution is 5.46. The molecule has 3 heterocycles. The predicted molar refractivity (Wildman–Crippen MR) is 131 cm³/mol. The van der Waals surface area contributed by atoms with Gasteiger partial charge in [-0.05, 0) is 48.4 Å². The van der Waals surface area contributed by atoms with Gasteiger partial charge in [-0.1, -0.05) is 43.3 Å². The monoisotopic (exact) mass is 445 g/mol. The van der Waals surface area contributed by atoms with E-state index in [1.807, 2.05) is 18.3 Å². The van der Waals surface area contributed by atoms with Crippen LogP contribution in [0, 0.1) is 11.3 Å². The molecule has 1 aromatic carbocycles. The summed E-state index contributed by atoms with van der Waals surface area (Å²) >= 11 is 0. The number of hydrogen-bond donors (Lipinski definition) is 1. The van der Waals surface area contributed by atoms with Crippen LogP contribution in [0.25, 0.3) is 0 Å². The summed E-state index contributed by atoms with van der Waals surface area (Å²) in [6.07, 6.45) is 4.01. The van der Waals surface area contributed by atoms with E-state index in [2.05, 4.69) is 81.6 Å². The number of piperazine rings is 1. The van der Waals surface area contributed by atoms with Crippen molar-refractivity contribution in [1.82, 2.24) is 20.4 Å². The van der Waals surface area contributed by atoms with Crippen molar-refractivity contribution in [3.63, 3.8) is 0 Å². The van der Waals surface area contributed by atoms with Gasteiger partial charge in [-0.3, -0.25) is 9.88 Å². The first-order chi connectivity index (χ1) is 16.1. The van der Waals surface area contributed by atoms with E-state index in [-0.39, 0.29) is 5.41 Å². The molecule has 1 aliphatic heterocycles. The van der Waals surface area contributed by atoms with Crippen LogP contribution in [0.5, 0.6) is 0 Å². The van der Waals surface area contributed by atoms with Crippen LogP contribution in [0.2, 0.25) is 0 Å². The van der Waals surface area contributed by atoms with Gasteiger partial charge in [0, 0.05) is 56.7 Å². The lowest BCUT2D eigenvalue weighted by atomic mass is 9.57. The standard InChI is InChI=1S/C27H35N5O/c1-27(2)21(17-26(27)29-19-22-8-6-7-11-28-22)16-23-18-25(33-30-23)20-31-12-14-32(15-13-31)24-9-4-3-5-10-24/h3-11,18,21,26,29H,12-17,19-20H2,1-2H3. The van der Waals surface area contributed by atoms with Crippen molar-refractivity contribution in [2.24, 2.45) is 11.3 Å². The Morgan fingerprint density at radius 2 is 1.79 bits per heavy atom. The van der Waals surface area contributed by atoms with Crippen molar-refractivity contribution < 1.29 is 4.52 Å². The summed E-state index contributed by atoms with van der Waals surface area (Å²) in [7, 11) is 0. The number of hydrogen-bond acceptors (Lipinski definition) is 6. The molecule has 0 amide bonds. The van der Waals surface area contributed by atoms with E-state index in [1.54, 1.807) is 0 Å². The van der Waals surface area contributed by atoms with E-state index < -0.39 is 0 Å². The van der Waals surface area contributed by atoms with Crippen molar-refractivity contribution in [1.29, 1.82) is 0 Å². The van der Waals surface area contributed by atoms with E-state index in [0.717, 1.165) is 62.8 Å². The van der Waals surface area contributed by atoms with Crippen LogP contribution in [0.4, 0.5) is 5.69 Å². The zero-order chi connectivity index (χ0) is 22.7. The molecular weight excluding hydrogens is 410 g/mol. The lowest BCUT2D eigenvalue weighted by Crippen LogP contribution is -2.57. The second kappa shape index (κ2) is 9.65. The van der Waals surface area contributed by atoms with Crippen molar-refractivity contribution in [3.05, 3.63) is 77.9 Å². The van der Waals surface area contributed by atoms with Gasteiger partial charge >= 0.3 is 0 Å². The summed E-state index contributed by atoms with van der Waals surface area (Å²) in [5, 5.41) is 8.11. The Morgan fingerprint density at radius 1 is 1.00 bits per heavy atom. The maximum Gasteiger partial charge on any atom is 0.150 e. The molecule has 2 aromatic heterocycles. The first-order valence-electron chi connectivity index (χ1n) is 12.2. The van der Waals surface area contributed by atoms with Crippen molar-refractivity contribution in [3.8, 4) is 0 Å². The zero-order valence-electron chi connectivity index (χ0n) is 19.8. The summed E-state index contributed by atoms with van der Waals surface area (Å²) in [6, 6.07) is 19.5. The molecule has 33 heavy (non-hydrogen) atoms. The third kappa shape index (κ3) is 5.12. The summed E-state index contributed by atoms with van der Waals surface area (Å²) < 4.78 is 5.72. The summed E-state index contributed by atoms with van der Waals surface area (Å²) in [4.78, 5) is 9.35. The van der Waals surface area contributed by atoms with Gasteiger partial charge in [0.2, 0.25) is 0 Å². The molecule has 5 rings (SSSR count). The van der Waals surface area contributed by atoms with Gasteiger partial charge in [0.05, 0.1) is 17.9 Å². The Morgan fingerprint density at radius 3 is 2.52 bits per heavy atom. The molecule has 0 spiro atoms. The van der Waals surface area contributed by atoms with E-state index in [9.17, 15) is 0 Å². The molecule has 6 heteroatoms. The molecule has 1 aliphatic carbocycles. The Hall–Kier alpha value is -2.70. The summed E-state index contributed by atoms with van der Waals surface area (Å²) in [5.41, 5.74) is 3.74. The largest absolute Gasteiger partial charge is 0.369 e. The van der Waals surface area contributed by atoms with Gasteiger partial charge in [-0.25, -0.2) is 0 Å². The minimum Gasteiger partial charge on any atom is -0.369 e. The Bertz CT molecular complexity index is 1010. The number of nitrogens with zero attached hydrogens (tertiary/aromatic N) is 4. The highest BCUT2D eigenvalue weighted by Crippen LogP contribution is 2.47. The third-order valence-electron chi connectivity index (χ3n) is 7.66. The van der Waals surface area contributed by atoms with Crippen LogP contribution >= 0.6 is 0 Å². The summed E-state index contributed by atoms with van der Waals surface area (Å²) in [6.45, 7) is 10.6. The van der Waals surface area contributed by atoms with Crippen LogP contribution in [-0.2, 0) is 19.5 Å². The number of rotatable bonds is 8. The molecule has 2 aliphatic rings. The number of para-hydroxylation sites is 1. The van der Waals surface area contributed by atoms with E-state index in [0.29, 0.717) is 12.0 Å². The lowest BCUT2D eigenvalue weighted by molar-refractivity contribution is 0.0123. The second-order valence-electron chi connectivity index (χ2n) is 10.1. The van der Waals surface area contributed by atoms with Crippen molar-refractivity contribution in [2.45, 2.75) is 45.8 Å². The molecule has 2 fully saturated rings. The van der Waals surface area contributed by atoms with Crippen molar-refractivity contribution in [2.75, 3.05) is 31.1 Å². The van der Waals surface area contributed by atoms with E-state index >= 15 is 0 Å². The van der Waals surface area contributed by atoms with Crippen LogP contribution in [0.15, 0.2) is 65.3 Å². The minimum atomic E-state index is 0.238. The van der Waals surface area contributed by atoms with Gasteiger partial charge in [0.1, 0.15) is 0 Å². The van der Waals surface area contributed by atoms with E-state index in [1.165, 1.54) is 12.1 Å². The number of benzene rings is 1. The smallest absolute Gasteiger partial charge is 0.150 e. The number of nitrogens with one attached hydrogen (secondary N) is 1. The van der Waals surface area contributed by atoms with Crippen LogP contribution in [0.1, 0.15) is 37.4 Å². The van der Waals surface area contributed by atoms with Crippen LogP contribution in [0.3, 0.4) is 0 Å². The maximum atomic E-state index is 5.72. The number of pyridine rings is 1. The Kier molecular flexibility index (Phi) is 6.47. The van der Waals surface area contributed by atoms with Crippen LogP contribution < -0.4 is 10.2 Å². The zero-order valence-corrected chi connectivity index (χ0v) is 19.8. The van der Waals surface area contributed by atoms with Gasteiger partial charge in [-0.2, -0.15) is 0 Å². The summed E-state index contributed by atoms with van der Waals surface area (Å²) in [5.74, 6) is 1.60. The van der Waals surface area contributed by atoms with Gasteiger partial charge < -0.3 is 14.7 Å². The molecule has 1 saturated heterocycles. The predicted octanol–water partition coefficient (Wildman–Crippen LogP) is 4.14. The topological polar surface area (TPSA) is 57.4 Å². The first kappa shape index (κ1) is 22.1. The molecule has 6 nitrogen and oxygen atoms in total. The molecule has 2 unspecified atom stereocenters. The van der Waals surface area contributed by atoms with Crippen molar-refractivity contribution >= 4 is 5.69 Å². The normalized spacial score (nSPS) is 22.8. The molecule has 1 saturated carbocycles. The fourth-order valence-electron chi connectivity index (χ4n) is 5.24. The molecule has 0 radical (unpaired) electrons. The van der Waals surface area contributed by atoms with Gasteiger partial charge in [-0.15, -0.1) is 0 Å². The molecule has 174 valence electrons. The fourth-order valence-corrected chi connectivity index (χ4v) is 5.24. The molecule has 3 aromatic rings. The fraction of sp³-hybridized carbons (Fsp3) is 0.481. The Balaban J connectivity index is 1.08. The second-order valence-corrected chi connectivity index (χ2v) is 10.1. The average molecular weight is 446 g/mol. The van der Waals surface area contributed by atoms with E-state index in [4.69, 9.17) is 4.52 Å². The van der Waals surface area contributed by atoms with Gasteiger partial charge in [0.15, 0.2) is 5.76 Å². The number of aromatic nitrogens is 2. The maximum absolute atomic E-state index is 5.72. The van der Waals surface area contributed by atoms with Gasteiger partial charge in [0.25, 0.3) is 0 Å². The highest BCUT2D eigenvalue weighted by Gasteiger charge is 2.47. The number of anilines is 1. The quantitative estimate of drug-likeness (QED) is 0.562. The minimum absolute atomic E-state index is 0.238. The first-order valence-corrected chi connectivity index (χ1v) is 12.2. The molecule has 0 bridgehead atoms. The molecular formula is C27H35N5O. The lowest BCUT2D eigenvalue weighted by Gasteiger charge is -2.52. The average Bonchev–Trinajstić information content (AvgIpc) is 3.29. The third-order valence-corrected chi connectivity index (χ3v) is 7.66. The highest BCUT2D eigenvalue weighted by atomic mass is 16.5. The Labute approximate surface area is 197 Å². The van der Waals surface area contributed by atoms with Crippen LogP contribution in [-0.4, -0.2) is 47.3 Å². The molecule has 2 atom stereocenters. The SMILES string of the molecule is CC1(C)C(Cc2cc(CN3CCN(c4ccccc4)CC3)on2)CC1NCc1ccccn1. The molecule has 1 N–H and O–H groups in total.